The number of allylic oxidation sites excluding steroid dienone is 1. The summed E-state index contributed by atoms with van der Waals surface area (Å²) < 4.78 is 16.0. The number of benzene rings is 2. The Kier molecular flexibility index (Phi) is 5.52. The van der Waals surface area contributed by atoms with Crippen LogP contribution in [0.25, 0.3) is 17.0 Å². The van der Waals surface area contributed by atoms with E-state index >= 15 is 0 Å². The maximum Gasteiger partial charge on any atom is 0.347 e. The van der Waals surface area contributed by atoms with Crippen molar-refractivity contribution in [3.8, 4) is 11.5 Å². The van der Waals surface area contributed by atoms with Gasteiger partial charge in [-0.3, -0.25) is 4.79 Å². The third-order valence-corrected chi connectivity index (χ3v) is 3.88. The van der Waals surface area contributed by atoms with E-state index in [1.54, 1.807) is 54.6 Å². The lowest BCUT2D eigenvalue weighted by Crippen LogP contribution is -2.11. The van der Waals surface area contributed by atoms with E-state index in [-0.39, 0.29) is 5.56 Å². The van der Waals surface area contributed by atoms with Crippen molar-refractivity contribution in [2.45, 2.75) is 0 Å². The minimum atomic E-state index is -0.658. The van der Waals surface area contributed by atoms with Crippen molar-refractivity contribution in [1.29, 1.82) is 0 Å². The van der Waals surface area contributed by atoms with Gasteiger partial charge in [0, 0.05) is 5.39 Å². The molecule has 0 spiro atoms. The van der Waals surface area contributed by atoms with Crippen LogP contribution in [0.1, 0.15) is 15.9 Å². The second kappa shape index (κ2) is 8.19. The zero-order valence-corrected chi connectivity index (χ0v) is 14.8. The Balaban J connectivity index is 1.85. The molecule has 0 aliphatic heterocycles. The fourth-order valence-corrected chi connectivity index (χ4v) is 2.55. The average Bonchev–Trinajstić information content (AvgIpc) is 2.70. The number of ketones is 1. The third kappa shape index (κ3) is 4.15. The highest BCUT2D eigenvalue weighted by atomic mass is 16.5. The van der Waals surface area contributed by atoms with Crippen LogP contribution in [0.4, 0.5) is 0 Å². The number of methoxy groups -OCH3 is 1. The van der Waals surface area contributed by atoms with Crippen LogP contribution in [0.3, 0.4) is 0 Å². The number of para-hydroxylation sites is 1. The predicted molar refractivity (Wildman–Crippen MR) is 105 cm³/mol. The Labute approximate surface area is 156 Å². The monoisotopic (exact) mass is 362 g/mol. The molecule has 1 heterocycles. The Bertz CT molecular complexity index is 1080. The summed E-state index contributed by atoms with van der Waals surface area (Å²) in [4.78, 5) is 24.5. The third-order valence-electron chi connectivity index (χ3n) is 3.88. The summed E-state index contributed by atoms with van der Waals surface area (Å²) >= 11 is 0. The average molecular weight is 362 g/mol. The van der Waals surface area contributed by atoms with E-state index in [4.69, 9.17) is 13.9 Å². The lowest BCUT2D eigenvalue weighted by atomic mass is 10.1. The van der Waals surface area contributed by atoms with Gasteiger partial charge in [-0.2, -0.15) is 0 Å². The second-order valence-corrected chi connectivity index (χ2v) is 5.69. The molecular formula is C22H18O5. The molecule has 0 N–H and O–H groups in total. The van der Waals surface area contributed by atoms with Crippen molar-refractivity contribution in [2.75, 3.05) is 13.7 Å². The summed E-state index contributed by atoms with van der Waals surface area (Å²) in [5, 5.41) is 0.694. The van der Waals surface area contributed by atoms with Crippen LogP contribution in [-0.4, -0.2) is 19.5 Å². The zero-order chi connectivity index (χ0) is 19.2. The molecule has 136 valence electrons. The molecule has 0 aliphatic carbocycles. The molecule has 2 aromatic carbocycles. The number of carbonyl (C=O) groups excluding carboxylic acids is 1. The summed E-state index contributed by atoms with van der Waals surface area (Å²) in [6, 6.07) is 13.9. The largest absolute Gasteiger partial charge is 0.493 e. The molecule has 5 heteroatoms. The molecule has 0 saturated carbocycles. The van der Waals surface area contributed by atoms with E-state index in [2.05, 4.69) is 6.58 Å². The van der Waals surface area contributed by atoms with Crippen LogP contribution < -0.4 is 15.1 Å². The Morgan fingerprint density at radius 1 is 1.15 bits per heavy atom. The maximum atomic E-state index is 12.4. The van der Waals surface area contributed by atoms with Crippen LogP contribution in [0.5, 0.6) is 11.5 Å². The fraction of sp³-hybridized carbons (Fsp3) is 0.0909. The number of ether oxygens (including phenoxy) is 2. The summed E-state index contributed by atoms with van der Waals surface area (Å²) in [5.41, 5.74) is 0.510. The number of hydrogen-bond donors (Lipinski definition) is 0. The summed E-state index contributed by atoms with van der Waals surface area (Å²) in [5.74, 6) is 0.688. The minimum absolute atomic E-state index is 0.0112. The summed E-state index contributed by atoms with van der Waals surface area (Å²) in [6.45, 7) is 3.97. The van der Waals surface area contributed by atoms with Gasteiger partial charge in [0.1, 0.15) is 17.8 Å². The van der Waals surface area contributed by atoms with Gasteiger partial charge in [-0.1, -0.05) is 43.0 Å². The molecule has 0 saturated heterocycles. The van der Waals surface area contributed by atoms with E-state index in [9.17, 15) is 9.59 Å². The molecule has 0 radical (unpaired) electrons. The van der Waals surface area contributed by atoms with Crippen LogP contribution >= 0.6 is 0 Å². The number of fused-ring (bicyclic) bond motifs is 1. The Morgan fingerprint density at radius 2 is 1.96 bits per heavy atom. The van der Waals surface area contributed by atoms with E-state index in [0.717, 1.165) is 5.56 Å². The van der Waals surface area contributed by atoms with E-state index in [0.29, 0.717) is 29.1 Å². The van der Waals surface area contributed by atoms with Crippen molar-refractivity contribution in [2.24, 2.45) is 0 Å². The van der Waals surface area contributed by atoms with E-state index in [1.807, 2.05) is 6.07 Å². The highest BCUT2D eigenvalue weighted by Gasteiger charge is 2.11. The van der Waals surface area contributed by atoms with Crippen LogP contribution in [0.15, 0.2) is 76.5 Å². The van der Waals surface area contributed by atoms with Gasteiger partial charge in [-0.15, -0.1) is 0 Å². The van der Waals surface area contributed by atoms with Crippen molar-refractivity contribution in [3.63, 3.8) is 0 Å². The molecule has 27 heavy (non-hydrogen) atoms. The van der Waals surface area contributed by atoms with E-state index < -0.39 is 11.4 Å². The van der Waals surface area contributed by atoms with Gasteiger partial charge < -0.3 is 13.9 Å². The zero-order valence-electron chi connectivity index (χ0n) is 14.8. The summed E-state index contributed by atoms with van der Waals surface area (Å²) in [6.07, 6.45) is 4.58. The molecule has 0 amide bonds. The molecule has 5 nitrogen and oxygen atoms in total. The predicted octanol–water partition coefficient (Wildman–Crippen LogP) is 4.26. The highest BCUT2D eigenvalue weighted by molar-refractivity contribution is 6.07. The molecule has 0 fully saturated rings. The first-order valence-corrected chi connectivity index (χ1v) is 8.29. The fourth-order valence-electron chi connectivity index (χ4n) is 2.55. The molecule has 0 aliphatic rings. The second-order valence-electron chi connectivity index (χ2n) is 5.69. The van der Waals surface area contributed by atoms with Crippen LogP contribution in [0.2, 0.25) is 0 Å². The molecule has 3 rings (SSSR count). The Morgan fingerprint density at radius 3 is 2.74 bits per heavy atom. The standard InChI is InChI=1S/C22H18O5/c1-3-12-26-20-11-9-15(13-21(20)25-2)8-10-18(23)17-14-16-6-4-5-7-19(16)27-22(17)24/h3-11,13-14H,1,12H2,2H3/b10-8+. The number of hydrogen-bond acceptors (Lipinski definition) is 5. The van der Waals surface area contributed by atoms with Crippen molar-refractivity contribution < 1.29 is 18.7 Å². The number of rotatable bonds is 7. The first-order valence-electron chi connectivity index (χ1n) is 8.29. The lowest BCUT2D eigenvalue weighted by molar-refractivity contribution is 0.104. The molecule has 0 unspecified atom stereocenters. The molecule has 0 atom stereocenters. The molecular weight excluding hydrogens is 344 g/mol. The van der Waals surface area contributed by atoms with Crippen molar-refractivity contribution >= 4 is 22.8 Å². The number of carbonyl (C=O) groups is 1. The van der Waals surface area contributed by atoms with E-state index in [1.165, 1.54) is 13.2 Å². The van der Waals surface area contributed by atoms with Crippen molar-refractivity contribution in [1.82, 2.24) is 0 Å². The molecule has 3 aromatic rings. The quantitative estimate of drug-likeness (QED) is 0.272. The van der Waals surface area contributed by atoms with Gasteiger partial charge in [0.25, 0.3) is 0 Å². The molecule has 1 aromatic heterocycles. The van der Waals surface area contributed by atoms with Gasteiger partial charge in [-0.05, 0) is 35.9 Å². The maximum absolute atomic E-state index is 12.4. The minimum Gasteiger partial charge on any atom is -0.493 e. The topological polar surface area (TPSA) is 65.7 Å². The van der Waals surface area contributed by atoms with Crippen LogP contribution in [0, 0.1) is 0 Å². The van der Waals surface area contributed by atoms with Crippen LogP contribution in [-0.2, 0) is 0 Å². The van der Waals surface area contributed by atoms with Gasteiger partial charge in [0.15, 0.2) is 17.3 Å². The first kappa shape index (κ1) is 18.2. The highest BCUT2D eigenvalue weighted by Crippen LogP contribution is 2.28. The first-order chi connectivity index (χ1) is 13.1. The van der Waals surface area contributed by atoms with Gasteiger partial charge in [-0.25, -0.2) is 4.79 Å². The molecule has 0 bridgehead atoms. The van der Waals surface area contributed by atoms with Gasteiger partial charge in [0.05, 0.1) is 7.11 Å². The normalized spacial score (nSPS) is 10.9. The van der Waals surface area contributed by atoms with Crippen molar-refractivity contribution in [3.05, 3.63) is 88.8 Å². The smallest absolute Gasteiger partial charge is 0.347 e. The Hall–Kier alpha value is -3.60. The summed E-state index contributed by atoms with van der Waals surface area (Å²) in [7, 11) is 1.54. The lowest BCUT2D eigenvalue weighted by Gasteiger charge is -2.09. The SMILES string of the molecule is C=CCOc1ccc(/C=C/C(=O)c2cc3ccccc3oc2=O)cc1OC. The van der Waals surface area contributed by atoms with Gasteiger partial charge >= 0.3 is 5.63 Å². The van der Waals surface area contributed by atoms with Gasteiger partial charge in [0.2, 0.25) is 0 Å².